The van der Waals surface area contributed by atoms with Crippen molar-refractivity contribution in [1.82, 2.24) is 0 Å². The van der Waals surface area contributed by atoms with E-state index in [1.165, 1.54) is 11.8 Å². The highest BCUT2D eigenvalue weighted by Crippen LogP contribution is 2.35. The molecule has 5 heteroatoms. The van der Waals surface area contributed by atoms with E-state index in [1.54, 1.807) is 81.4 Å². The maximum absolute atomic E-state index is 12.9. The number of ether oxygens (including phenoxy) is 1. The predicted octanol–water partition coefficient (Wildman–Crippen LogP) is 4.43. The summed E-state index contributed by atoms with van der Waals surface area (Å²) in [7, 11) is 0. The van der Waals surface area contributed by atoms with Crippen LogP contribution < -0.4 is 4.90 Å². The van der Waals surface area contributed by atoms with Crippen LogP contribution >= 0.6 is 0 Å². The van der Waals surface area contributed by atoms with Crippen LogP contribution in [-0.4, -0.2) is 22.8 Å². The summed E-state index contributed by atoms with van der Waals surface area (Å²) in [5.41, 5.74) is -1.44. The van der Waals surface area contributed by atoms with Gasteiger partial charge >= 0.3 is 12.1 Å². The second-order valence-electron chi connectivity index (χ2n) is 6.89. The molecule has 0 aliphatic carbocycles. The summed E-state index contributed by atoms with van der Waals surface area (Å²) in [6, 6.07) is 17.3. The third kappa shape index (κ3) is 3.99. The molecule has 0 bridgehead atoms. The number of carboxylic acids is 1. The Hall–Kier alpha value is -2.82. The van der Waals surface area contributed by atoms with E-state index < -0.39 is 23.2 Å². The summed E-state index contributed by atoms with van der Waals surface area (Å²) in [5, 5.41) is 10.0. The van der Waals surface area contributed by atoms with Crippen LogP contribution in [0.2, 0.25) is 0 Å². The SMILES string of the molecule is CC(C)(C)OC(=O)N(c1ccccc1)[C@](C)(C(=O)O)c1ccccc1. The number of hydrogen-bond donors (Lipinski definition) is 1. The number of carbonyl (C=O) groups excluding carboxylic acids is 1. The largest absolute Gasteiger partial charge is 0.479 e. The van der Waals surface area contributed by atoms with Gasteiger partial charge in [-0.05, 0) is 45.4 Å². The smallest absolute Gasteiger partial charge is 0.416 e. The molecule has 0 fully saturated rings. The fourth-order valence-electron chi connectivity index (χ4n) is 2.54. The fraction of sp³-hybridized carbons (Fsp3) is 0.300. The van der Waals surface area contributed by atoms with Gasteiger partial charge in [-0.25, -0.2) is 9.59 Å². The van der Waals surface area contributed by atoms with E-state index in [9.17, 15) is 14.7 Å². The molecule has 5 nitrogen and oxygen atoms in total. The Morgan fingerprint density at radius 1 is 0.880 bits per heavy atom. The summed E-state index contributed by atoms with van der Waals surface area (Å²) < 4.78 is 5.50. The average Bonchev–Trinajstić information content (AvgIpc) is 2.54. The van der Waals surface area contributed by atoms with Gasteiger partial charge in [-0.2, -0.15) is 0 Å². The lowest BCUT2D eigenvalue weighted by atomic mass is 9.89. The van der Waals surface area contributed by atoms with E-state index in [1.807, 2.05) is 0 Å². The van der Waals surface area contributed by atoms with Crippen molar-refractivity contribution in [3.8, 4) is 0 Å². The van der Waals surface area contributed by atoms with Crippen molar-refractivity contribution < 1.29 is 19.4 Å². The van der Waals surface area contributed by atoms with Crippen molar-refractivity contribution in [2.75, 3.05) is 4.90 Å². The molecule has 0 saturated carbocycles. The molecule has 0 heterocycles. The lowest BCUT2D eigenvalue weighted by Gasteiger charge is -2.39. The number of aliphatic carboxylic acids is 1. The van der Waals surface area contributed by atoms with Crippen LogP contribution in [0, 0.1) is 0 Å². The first-order valence-electron chi connectivity index (χ1n) is 8.03. The zero-order chi connectivity index (χ0) is 18.7. The molecule has 1 amide bonds. The number of hydrogen-bond acceptors (Lipinski definition) is 3. The molecule has 0 radical (unpaired) electrons. The Kier molecular flexibility index (Phi) is 5.16. The van der Waals surface area contributed by atoms with Crippen molar-refractivity contribution in [3.05, 3.63) is 66.2 Å². The molecule has 2 aromatic rings. The Morgan fingerprint density at radius 3 is 1.80 bits per heavy atom. The van der Waals surface area contributed by atoms with Crippen molar-refractivity contribution in [1.29, 1.82) is 0 Å². The molecule has 0 aliphatic heterocycles. The van der Waals surface area contributed by atoms with E-state index >= 15 is 0 Å². The molecule has 0 aliphatic rings. The standard InChI is InChI=1S/C20H23NO4/c1-19(2,3)25-18(24)21(16-13-9-6-10-14-16)20(4,17(22)23)15-11-7-5-8-12-15/h5-14H,1-4H3,(H,22,23)/t20-/m0/s1. The monoisotopic (exact) mass is 341 g/mol. The number of benzene rings is 2. The molecular weight excluding hydrogens is 318 g/mol. The quantitative estimate of drug-likeness (QED) is 0.893. The lowest BCUT2D eigenvalue weighted by Crippen LogP contribution is -2.54. The summed E-state index contributed by atoms with van der Waals surface area (Å²) in [5.74, 6) is -1.14. The van der Waals surface area contributed by atoms with Gasteiger partial charge in [-0.1, -0.05) is 48.5 Å². The fourth-order valence-corrected chi connectivity index (χ4v) is 2.54. The van der Waals surface area contributed by atoms with Gasteiger partial charge in [-0.3, -0.25) is 4.90 Å². The Bertz CT molecular complexity index is 737. The maximum atomic E-state index is 12.9. The van der Waals surface area contributed by atoms with Gasteiger partial charge in [0.25, 0.3) is 0 Å². The molecule has 132 valence electrons. The van der Waals surface area contributed by atoms with Crippen LogP contribution in [0.1, 0.15) is 33.3 Å². The normalized spacial score (nSPS) is 13.6. The van der Waals surface area contributed by atoms with E-state index in [2.05, 4.69) is 0 Å². The molecule has 1 N–H and O–H groups in total. The van der Waals surface area contributed by atoms with Crippen LogP contribution in [0.3, 0.4) is 0 Å². The molecule has 25 heavy (non-hydrogen) atoms. The minimum atomic E-state index is -1.62. The molecule has 2 rings (SSSR count). The van der Waals surface area contributed by atoms with Crippen LogP contribution in [0.5, 0.6) is 0 Å². The van der Waals surface area contributed by atoms with Gasteiger partial charge in [0.2, 0.25) is 0 Å². The highest BCUT2D eigenvalue weighted by molar-refractivity contribution is 5.98. The number of para-hydroxylation sites is 1. The van der Waals surface area contributed by atoms with Gasteiger partial charge < -0.3 is 9.84 Å². The number of nitrogens with zero attached hydrogens (tertiary/aromatic N) is 1. The molecule has 1 atom stereocenters. The first-order chi connectivity index (χ1) is 11.7. The van der Waals surface area contributed by atoms with Crippen molar-refractivity contribution in [2.45, 2.75) is 38.8 Å². The Balaban J connectivity index is 2.63. The zero-order valence-electron chi connectivity index (χ0n) is 14.9. The third-order valence-electron chi connectivity index (χ3n) is 3.79. The van der Waals surface area contributed by atoms with Crippen molar-refractivity contribution in [3.63, 3.8) is 0 Å². The second kappa shape index (κ2) is 6.97. The van der Waals surface area contributed by atoms with Crippen LogP contribution in [0.4, 0.5) is 10.5 Å². The number of anilines is 1. The van der Waals surface area contributed by atoms with E-state index in [0.717, 1.165) is 0 Å². The first kappa shape index (κ1) is 18.5. The van der Waals surface area contributed by atoms with Crippen LogP contribution in [-0.2, 0) is 15.1 Å². The molecule has 2 aromatic carbocycles. The highest BCUT2D eigenvalue weighted by atomic mass is 16.6. The lowest BCUT2D eigenvalue weighted by molar-refractivity contribution is -0.143. The van der Waals surface area contributed by atoms with E-state index in [4.69, 9.17) is 4.74 Å². The summed E-state index contributed by atoms with van der Waals surface area (Å²) >= 11 is 0. The molecule has 0 aromatic heterocycles. The second-order valence-corrected chi connectivity index (χ2v) is 6.89. The van der Waals surface area contributed by atoms with Gasteiger partial charge in [0.05, 0.1) is 0 Å². The zero-order valence-corrected chi connectivity index (χ0v) is 14.9. The summed E-state index contributed by atoms with van der Waals surface area (Å²) in [6.45, 7) is 6.74. The first-order valence-corrected chi connectivity index (χ1v) is 8.03. The average molecular weight is 341 g/mol. The van der Waals surface area contributed by atoms with E-state index in [0.29, 0.717) is 11.3 Å². The van der Waals surface area contributed by atoms with Gasteiger partial charge in [-0.15, -0.1) is 0 Å². The molecular formula is C20H23NO4. The minimum absolute atomic E-state index is 0.450. The van der Waals surface area contributed by atoms with Gasteiger partial charge in [0.15, 0.2) is 5.54 Å². The number of amides is 1. The molecule has 0 spiro atoms. The molecule has 0 saturated heterocycles. The number of carboxylic acid groups (broad SMARTS) is 1. The third-order valence-corrected chi connectivity index (χ3v) is 3.79. The maximum Gasteiger partial charge on any atom is 0.416 e. The highest BCUT2D eigenvalue weighted by Gasteiger charge is 2.46. The number of rotatable bonds is 4. The predicted molar refractivity (Wildman–Crippen MR) is 96.6 cm³/mol. The topological polar surface area (TPSA) is 66.8 Å². The van der Waals surface area contributed by atoms with Crippen molar-refractivity contribution >= 4 is 17.7 Å². The summed E-state index contributed by atoms with van der Waals surface area (Å²) in [6.07, 6.45) is -0.715. The number of carbonyl (C=O) groups is 2. The van der Waals surface area contributed by atoms with Gasteiger partial charge in [0, 0.05) is 5.69 Å². The van der Waals surface area contributed by atoms with Crippen LogP contribution in [0.25, 0.3) is 0 Å². The molecule has 0 unspecified atom stereocenters. The Morgan fingerprint density at radius 2 is 1.36 bits per heavy atom. The van der Waals surface area contributed by atoms with E-state index in [-0.39, 0.29) is 0 Å². The summed E-state index contributed by atoms with van der Waals surface area (Å²) in [4.78, 5) is 26.4. The minimum Gasteiger partial charge on any atom is -0.479 e. The van der Waals surface area contributed by atoms with Crippen molar-refractivity contribution in [2.24, 2.45) is 0 Å². The van der Waals surface area contributed by atoms with Gasteiger partial charge in [0.1, 0.15) is 5.60 Å². The Labute approximate surface area is 147 Å². The van der Waals surface area contributed by atoms with Crippen LogP contribution in [0.15, 0.2) is 60.7 Å².